The summed E-state index contributed by atoms with van der Waals surface area (Å²) in [6.07, 6.45) is 1.06. The van der Waals surface area contributed by atoms with Gasteiger partial charge in [0.05, 0.1) is 31.9 Å². The Bertz CT molecular complexity index is 1050. The standard InChI is InChI=1S/C22H29N3O5S/c1-15(2)17-7-10-19(11-8-17)25(31(6,27)28)14-22(26)24-23-16(3)18-9-12-20(29-4)21(13-18)30-5/h7-13,15H,14H2,1-6H3,(H,24,26)/b23-16-. The largest absolute Gasteiger partial charge is 0.493 e. The Morgan fingerprint density at radius 2 is 1.68 bits per heavy atom. The molecular formula is C22H29N3O5S. The Morgan fingerprint density at radius 3 is 2.19 bits per heavy atom. The summed E-state index contributed by atoms with van der Waals surface area (Å²) in [4.78, 5) is 12.4. The Labute approximate surface area is 183 Å². The number of rotatable bonds is 9. The fourth-order valence-corrected chi connectivity index (χ4v) is 3.72. The van der Waals surface area contributed by atoms with E-state index in [9.17, 15) is 13.2 Å². The van der Waals surface area contributed by atoms with E-state index < -0.39 is 15.9 Å². The lowest BCUT2D eigenvalue weighted by atomic mass is 10.0. The number of carbonyl (C=O) groups excluding carboxylic acids is 1. The lowest BCUT2D eigenvalue weighted by Crippen LogP contribution is -2.39. The predicted octanol–water partition coefficient (Wildman–Crippen LogP) is 3.13. The van der Waals surface area contributed by atoms with Crippen molar-refractivity contribution in [2.45, 2.75) is 26.7 Å². The maximum Gasteiger partial charge on any atom is 0.260 e. The Balaban J connectivity index is 2.16. The van der Waals surface area contributed by atoms with Gasteiger partial charge in [-0.2, -0.15) is 5.10 Å². The second kappa shape index (κ2) is 10.3. The fourth-order valence-electron chi connectivity index (χ4n) is 2.86. The highest BCUT2D eigenvalue weighted by Crippen LogP contribution is 2.27. The number of anilines is 1. The quantitative estimate of drug-likeness (QED) is 0.470. The van der Waals surface area contributed by atoms with E-state index in [0.29, 0.717) is 28.8 Å². The van der Waals surface area contributed by atoms with Gasteiger partial charge in [-0.15, -0.1) is 0 Å². The summed E-state index contributed by atoms with van der Waals surface area (Å²) in [5.41, 5.74) is 5.17. The Hall–Kier alpha value is -3.07. The molecule has 0 fully saturated rings. The molecule has 1 N–H and O–H groups in total. The van der Waals surface area contributed by atoms with Crippen LogP contribution < -0.4 is 19.2 Å². The van der Waals surface area contributed by atoms with Crippen LogP contribution in [0.25, 0.3) is 0 Å². The van der Waals surface area contributed by atoms with Crippen LogP contribution >= 0.6 is 0 Å². The number of ether oxygens (including phenoxy) is 2. The number of hydrogen-bond acceptors (Lipinski definition) is 6. The molecule has 1 amide bonds. The minimum absolute atomic E-state index is 0.318. The van der Waals surface area contributed by atoms with E-state index >= 15 is 0 Å². The highest BCUT2D eigenvalue weighted by atomic mass is 32.2. The van der Waals surface area contributed by atoms with Crippen LogP contribution in [0.4, 0.5) is 5.69 Å². The Kier molecular flexibility index (Phi) is 8.04. The summed E-state index contributed by atoms with van der Waals surface area (Å²) >= 11 is 0. The molecule has 2 rings (SSSR count). The average Bonchev–Trinajstić information content (AvgIpc) is 2.74. The monoisotopic (exact) mass is 447 g/mol. The lowest BCUT2D eigenvalue weighted by Gasteiger charge is -2.22. The third-order valence-electron chi connectivity index (χ3n) is 4.68. The molecule has 0 atom stereocenters. The van der Waals surface area contributed by atoms with Gasteiger partial charge in [-0.25, -0.2) is 13.8 Å². The van der Waals surface area contributed by atoms with Gasteiger partial charge in [-0.05, 0) is 48.7 Å². The van der Waals surface area contributed by atoms with E-state index in [4.69, 9.17) is 9.47 Å². The number of nitrogens with one attached hydrogen (secondary N) is 1. The molecule has 0 radical (unpaired) electrons. The number of hydrazone groups is 1. The van der Waals surface area contributed by atoms with Gasteiger partial charge in [0, 0.05) is 5.56 Å². The first kappa shape index (κ1) is 24.2. The number of hydrogen-bond donors (Lipinski definition) is 1. The van der Waals surface area contributed by atoms with Crippen LogP contribution in [-0.2, 0) is 14.8 Å². The summed E-state index contributed by atoms with van der Waals surface area (Å²) in [6, 6.07) is 12.4. The molecule has 2 aromatic rings. The van der Waals surface area contributed by atoms with Gasteiger partial charge in [-0.1, -0.05) is 26.0 Å². The van der Waals surface area contributed by atoms with Crippen LogP contribution in [0, 0.1) is 0 Å². The second-order valence-corrected chi connectivity index (χ2v) is 9.22. The Morgan fingerprint density at radius 1 is 1.06 bits per heavy atom. The number of carbonyl (C=O) groups is 1. The SMILES string of the molecule is COc1ccc(/C(C)=N\NC(=O)CN(c2ccc(C(C)C)cc2)S(C)(=O)=O)cc1OC. The molecular weight excluding hydrogens is 418 g/mol. The average molecular weight is 448 g/mol. The zero-order chi connectivity index (χ0) is 23.2. The van der Waals surface area contributed by atoms with E-state index in [1.807, 2.05) is 12.1 Å². The third-order valence-corrected chi connectivity index (χ3v) is 5.83. The van der Waals surface area contributed by atoms with E-state index in [2.05, 4.69) is 24.4 Å². The van der Waals surface area contributed by atoms with Crippen molar-refractivity contribution >= 4 is 27.3 Å². The van der Waals surface area contributed by atoms with Crippen molar-refractivity contribution in [1.29, 1.82) is 0 Å². The van der Waals surface area contributed by atoms with Crippen molar-refractivity contribution in [2.24, 2.45) is 5.10 Å². The molecule has 0 aromatic heterocycles. The van der Waals surface area contributed by atoms with E-state index in [-0.39, 0.29) is 6.54 Å². The number of nitrogens with zero attached hydrogens (tertiary/aromatic N) is 2. The van der Waals surface area contributed by atoms with Gasteiger partial charge in [0.2, 0.25) is 10.0 Å². The van der Waals surface area contributed by atoms with Gasteiger partial charge >= 0.3 is 0 Å². The topological polar surface area (TPSA) is 97.3 Å². The van der Waals surface area contributed by atoms with Crippen LogP contribution in [0.5, 0.6) is 11.5 Å². The van der Waals surface area contributed by atoms with Gasteiger partial charge in [0.1, 0.15) is 6.54 Å². The van der Waals surface area contributed by atoms with Crippen molar-refractivity contribution < 1.29 is 22.7 Å². The fraction of sp³-hybridized carbons (Fsp3) is 0.364. The maximum absolute atomic E-state index is 12.4. The van der Waals surface area contributed by atoms with Crippen LogP contribution in [0.2, 0.25) is 0 Å². The highest BCUT2D eigenvalue weighted by Gasteiger charge is 2.21. The molecule has 0 spiro atoms. The first-order chi connectivity index (χ1) is 14.6. The molecule has 9 heteroatoms. The number of sulfonamides is 1. The van der Waals surface area contributed by atoms with Crippen LogP contribution in [0.3, 0.4) is 0 Å². The van der Waals surface area contributed by atoms with Crippen molar-refractivity contribution in [1.82, 2.24) is 5.43 Å². The van der Waals surface area contributed by atoms with Crippen molar-refractivity contribution in [2.75, 3.05) is 31.3 Å². The first-order valence-electron chi connectivity index (χ1n) is 9.70. The van der Waals surface area contributed by atoms with Crippen molar-refractivity contribution in [3.8, 4) is 11.5 Å². The summed E-state index contributed by atoms with van der Waals surface area (Å²) < 4.78 is 36.1. The lowest BCUT2D eigenvalue weighted by molar-refractivity contribution is -0.119. The van der Waals surface area contributed by atoms with Crippen LogP contribution in [0.15, 0.2) is 47.6 Å². The van der Waals surface area contributed by atoms with E-state index in [1.165, 1.54) is 7.11 Å². The second-order valence-electron chi connectivity index (χ2n) is 7.32. The summed E-state index contributed by atoms with van der Waals surface area (Å²) in [5.74, 6) is 0.875. The molecule has 31 heavy (non-hydrogen) atoms. The molecule has 0 bridgehead atoms. The molecule has 0 unspecified atom stereocenters. The molecule has 168 valence electrons. The molecule has 2 aromatic carbocycles. The van der Waals surface area contributed by atoms with E-state index in [0.717, 1.165) is 21.7 Å². The van der Waals surface area contributed by atoms with Crippen LogP contribution in [-0.4, -0.2) is 47.1 Å². The molecule has 0 saturated heterocycles. The van der Waals surface area contributed by atoms with E-state index in [1.54, 1.807) is 44.4 Å². The molecule has 8 nitrogen and oxygen atoms in total. The van der Waals surface area contributed by atoms with Gasteiger partial charge in [-0.3, -0.25) is 9.10 Å². The summed E-state index contributed by atoms with van der Waals surface area (Å²) in [7, 11) is -0.585. The van der Waals surface area contributed by atoms with Crippen LogP contribution in [0.1, 0.15) is 37.8 Å². The molecule has 0 aliphatic rings. The predicted molar refractivity (Wildman–Crippen MR) is 123 cm³/mol. The maximum atomic E-state index is 12.4. The molecule has 0 aliphatic heterocycles. The van der Waals surface area contributed by atoms with Gasteiger partial charge in [0.15, 0.2) is 11.5 Å². The zero-order valence-corrected chi connectivity index (χ0v) is 19.5. The molecule has 0 aliphatic carbocycles. The van der Waals surface area contributed by atoms with Crippen molar-refractivity contribution in [3.05, 3.63) is 53.6 Å². The summed E-state index contributed by atoms with van der Waals surface area (Å²) in [5, 5.41) is 4.09. The third kappa shape index (κ3) is 6.45. The number of benzene rings is 2. The summed E-state index contributed by atoms with van der Waals surface area (Å²) in [6.45, 7) is 5.44. The first-order valence-corrected chi connectivity index (χ1v) is 11.5. The van der Waals surface area contributed by atoms with Gasteiger partial charge in [0.25, 0.3) is 5.91 Å². The molecule has 0 heterocycles. The number of amides is 1. The minimum atomic E-state index is -3.66. The van der Waals surface area contributed by atoms with Gasteiger partial charge < -0.3 is 9.47 Å². The zero-order valence-electron chi connectivity index (χ0n) is 18.7. The smallest absolute Gasteiger partial charge is 0.260 e. The minimum Gasteiger partial charge on any atom is -0.493 e. The molecule has 0 saturated carbocycles. The normalized spacial score (nSPS) is 11.9. The van der Waals surface area contributed by atoms with Crippen molar-refractivity contribution in [3.63, 3.8) is 0 Å². The number of methoxy groups -OCH3 is 2. The highest BCUT2D eigenvalue weighted by molar-refractivity contribution is 7.92.